The SMILES string of the molecule is CCOCc1ccccc1CNC(=O)CC(C)(C)N. The Kier molecular flexibility index (Phi) is 5.99. The highest BCUT2D eigenvalue weighted by Crippen LogP contribution is 2.10. The summed E-state index contributed by atoms with van der Waals surface area (Å²) in [6.07, 6.45) is 0.320. The second kappa shape index (κ2) is 7.26. The lowest BCUT2D eigenvalue weighted by Crippen LogP contribution is -2.38. The van der Waals surface area contributed by atoms with Gasteiger partial charge in [-0.25, -0.2) is 0 Å². The number of nitrogens with two attached hydrogens (primary N) is 1. The summed E-state index contributed by atoms with van der Waals surface area (Å²) in [6.45, 7) is 7.42. The summed E-state index contributed by atoms with van der Waals surface area (Å²) >= 11 is 0. The molecule has 0 spiro atoms. The largest absolute Gasteiger partial charge is 0.377 e. The Labute approximate surface area is 115 Å². The van der Waals surface area contributed by atoms with Crippen LogP contribution >= 0.6 is 0 Å². The lowest BCUT2D eigenvalue weighted by atomic mass is 10.0. The van der Waals surface area contributed by atoms with E-state index >= 15 is 0 Å². The molecule has 0 saturated carbocycles. The van der Waals surface area contributed by atoms with Gasteiger partial charge in [0.15, 0.2) is 0 Å². The molecular formula is C15H24N2O2. The minimum Gasteiger partial charge on any atom is -0.377 e. The zero-order chi connectivity index (χ0) is 14.3. The molecule has 19 heavy (non-hydrogen) atoms. The maximum Gasteiger partial charge on any atom is 0.222 e. The van der Waals surface area contributed by atoms with Crippen molar-refractivity contribution in [3.63, 3.8) is 0 Å². The van der Waals surface area contributed by atoms with E-state index < -0.39 is 5.54 Å². The van der Waals surface area contributed by atoms with E-state index in [2.05, 4.69) is 5.32 Å². The van der Waals surface area contributed by atoms with E-state index in [1.54, 1.807) is 0 Å². The van der Waals surface area contributed by atoms with Crippen molar-refractivity contribution in [1.29, 1.82) is 0 Å². The van der Waals surface area contributed by atoms with Crippen LogP contribution in [0.1, 0.15) is 38.3 Å². The molecule has 1 aromatic carbocycles. The van der Waals surface area contributed by atoms with Crippen LogP contribution in [0.5, 0.6) is 0 Å². The second-order valence-corrected chi connectivity index (χ2v) is 5.35. The van der Waals surface area contributed by atoms with Gasteiger partial charge in [0.05, 0.1) is 6.61 Å². The Hall–Kier alpha value is -1.39. The predicted octanol–water partition coefficient (Wildman–Crippen LogP) is 1.97. The molecule has 4 heteroatoms. The van der Waals surface area contributed by atoms with Crippen LogP contribution in [0.25, 0.3) is 0 Å². The highest BCUT2D eigenvalue weighted by atomic mass is 16.5. The molecule has 0 aliphatic heterocycles. The topological polar surface area (TPSA) is 64.3 Å². The summed E-state index contributed by atoms with van der Waals surface area (Å²) in [5.41, 5.74) is 7.53. The number of benzene rings is 1. The number of nitrogens with one attached hydrogen (secondary N) is 1. The average Bonchev–Trinajstić information content (AvgIpc) is 2.32. The molecule has 0 heterocycles. The number of hydrogen-bond acceptors (Lipinski definition) is 3. The molecule has 4 nitrogen and oxygen atoms in total. The number of hydrogen-bond donors (Lipinski definition) is 2. The van der Waals surface area contributed by atoms with Gasteiger partial charge in [0.25, 0.3) is 0 Å². The van der Waals surface area contributed by atoms with Gasteiger partial charge in [-0.1, -0.05) is 24.3 Å². The van der Waals surface area contributed by atoms with E-state index in [1.165, 1.54) is 0 Å². The first kappa shape index (κ1) is 15.7. The highest BCUT2D eigenvalue weighted by molar-refractivity contribution is 5.77. The average molecular weight is 264 g/mol. The van der Waals surface area contributed by atoms with Crippen LogP contribution in [0.15, 0.2) is 24.3 Å². The third-order valence-electron chi connectivity index (χ3n) is 2.67. The van der Waals surface area contributed by atoms with Crippen molar-refractivity contribution in [1.82, 2.24) is 5.32 Å². The molecular weight excluding hydrogens is 240 g/mol. The molecule has 1 amide bonds. The first-order valence-electron chi connectivity index (χ1n) is 6.62. The van der Waals surface area contributed by atoms with Crippen LogP contribution in [0.3, 0.4) is 0 Å². The van der Waals surface area contributed by atoms with Crippen LogP contribution in [0.4, 0.5) is 0 Å². The third kappa shape index (κ3) is 6.36. The Balaban J connectivity index is 2.55. The zero-order valence-electron chi connectivity index (χ0n) is 12.0. The molecule has 1 aromatic rings. The fourth-order valence-electron chi connectivity index (χ4n) is 1.75. The molecule has 0 aromatic heterocycles. The number of carbonyl (C=O) groups is 1. The minimum absolute atomic E-state index is 0.0290. The Bertz CT molecular complexity index is 411. The van der Waals surface area contributed by atoms with E-state index in [4.69, 9.17) is 10.5 Å². The van der Waals surface area contributed by atoms with Crippen molar-refractivity contribution < 1.29 is 9.53 Å². The first-order chi connectivity index (χ1) is 8.92. The van der Waals surface area contributed by atoms with Crippen LogP contribution in [0.2, 0.25) is 0 Å². The monoisotopic (exact) mass is 264 g/mol. The third-order valence-corrected chi connectivity index (χ3v) is 2.67. The maximum absolute atomic E-state index is 11.7. The van der Waals surface area contributed by atoms with Crippen LogP contribution < -0.4 is 11.1 Å². The molecule has 0 unspecified atom stereocenters. The predicted molar refractivity (Wildman–Crippen MR) is 76.5 cm³/mol. The van der Waals surface area contributed by atoms with Crippen LogP contribution in [0, 0.1) is 0 Å². The van der Waals surface area contributed by atoms with Crippen molar-refractivity contribution >= 4 is 5.91 Å². The smallest absolute Gasteiger partial charge is 0.222 e. The molecule has 106 valence electrons. The Morgan fingerprint density at radius 1 is 1.32 bits per heavy atom. The number of amides is 1. The van der Waals surface area contributed by atoms with Crippen molar-refractivity contribution in [2.45, 2.75) is 45.9 Å². The fourth-order valence-corrected chi connectivity index (χ4v) is 1.75. The quantitative estimate of drug-likeness (QED) is 0.791. The summed E-state index contributed by atoms with van der Waals surface area (Å²) in [6, 6.07) is 7.96. The molecule has 0 aliphatic carbocycles. The molecule has 0 fully saturated rings. The maximum atomic E-state index is 11.7. The number of ether oxygens (including phenoxy) is 1. The Morgan fingerprint density at radius 2 is 1.95 bits per heavy atom. The summed E-state index contributed by atoms with van der Waals surface area (Å²) in [5.74, 6) is -0.0290. The lowest BCUT2D eigenvalue weighted by Gasteiger charge is -2.18. The fraction of sp³-hybridized carbons (Fsp3) is 0.533. The Morgan fingerprint density at radius 3 is 2.53 bits per heavy atom. The molecule has 0 saturated heterocycles. The van der Waals surface area contributed by atoms with E-state index in [0.717, 1.165) is 11.1 Å². The summed E-state index contributed by atoms with van der Waals surface area (Å²) in [4.78, 5) is 11.7. The van der Waals surface area contributed by atoms with Crippen molar-refractivity contribution in [3.05, 3.63) is 35.4 Å². The molecule has 0 radical (unpaired) electrons. The van der Waals surface area contributed by atoms with E-state index in [-0.39, 0.29) is 5.91 Å². The van der Waals surface area contributed by atoms with Crippen molar-refractivity contribution in [2.75, 3.05) is 6.61 Å². The van der Waals surface area contributed by atoms with Gasteiger partial charge >= 0.3 is 0 Å². The lowest BCUT2D eigenvalue weighted by molar-refractivity contribution is -0.122. The van der Waals surface area contributed by atoms with Gasteiger partial charge in [0.2, 0.25) is 5.91 Å². The van der Waals surface area contributed by atoms with Crippen LogP contribution in [-0.4, -0.2) is 18.1 Å². The van der Waals surface area contributed by atoms with Crippen molar-refractivity contribution in [3.8, 4) is 0 Å². The molecule has 0 atom stereocenters. The first-order valence-corrected chi connectivity index (χ1v) is 6.62. The normalized spacial score (nSPS) is 11.4. The standard InChI is InChI=1S/C15H24N2O2/c1-4-19-11-13-8-6-5-7-12(13)10-17-14(18)9-15(2,3)16/h5-8H,4,9-11,16H2,1-3H3,(H,17,18). The van der Waals surface area contributed by atoms with E-state index in [0.29, 0.717) is 26.2 Å². The van der Waals surface area contributed by atoms with Gasteiger partial charge in [0.1, 0.15) is 0 Å². The van der Waals surface area contributed by atoms with Crippen molar-refractivity contribution in [2.24, 2.45) is 5.73 Å². The summed E-state index contributed by atoms with van der Waals surface area (Å²) < 4.78 is 5.41. The molecule has 1 rings (SSSR count). The number of rotatable bonds is 7. The van der Waals surface area contributed by atoms with Gasteiger partial charge < -0.3 is 15.8 Å². The minimum atomic E-state index is -0.477. The van der Waals surface area contributed by atoms with E-state index in [9.17, 15) is 4.79 Å². The van der Waals surface area contributed by atoms with E-state index in [1.807, 2.05) is 45.0 Å². The molecule has 0 bridgehead atoms. The van der Waals surface area contributed by atoms with Crippen LogP contribution in [-0.2, 0) is 22.7 Å². The summed E-state index contributed by atoms with van der Waals surface area (Å²) in [5, 5.41) is 2.90. The van der Waals surface area contributed by atoms with Gasteiger partial charge in [0, 0.05) is 25.1 Å². The van der Waals surface area contributed by atoms with Gasteiger partial charge in [-0.3, -0.25) is 4.79 Å². The van der Waals surface area contributed by atoms with Gasteiger partial charge in [-0.15, -0.1) is 0 Å². The van der Waals surface area contributed by atoms with Gasteiger partial charge in [-0.05, 0) is 31.9 Å². The summed E-state index contributed by atoms with van der Waals surface area (Å²) in [7, 11) is 0. The second-order valence-electron chi connectivity index (χ2n) is 5.35. The number of carbonyl (C=O) groups excluding carboxylic acids is 1. The molecule has 0 aliphatic rings. The highest BCUT2D eigenvalue weighted by Gasteiger charge is 2.16. The zero-order valence-corrected chi connectivity index (χ0v) is 12.0. The van der Waals surface area contributed by atoms with Gasteiger partial charge in [-0.2, -0.15) is 0 Å². The molecule has 3 N–H and O–H groups in total.